The Kier molecular flexibility index (Phi) is 5.62. The minimum Gasteiger partial charge on any atom is -0.508 e. The first-order valence-corrected chi connectivity index (χ1v) is 11.9. The number of hydrogen-bond donors (Lipinski definition) is 5. The second-order valence-corrected chi connectivity index (χ2v) is 9.32. The summed E-state index contributed by atoms with van der Waals surface area (Å²) >= 11 is 1.12. The number of amides is 2. The number of fused-ring (bicyclic) bond motifs is 6. The van der Waals surface area contributed by atoms with E-state index >= 15 is 0 Å². The molecule has 0 saturated heterocycles. The van der Waals surface area contributed by atoms with Crippen molar-refractivity contribution in [1.82, 2.24) is 5.43 Å². The summed E-state index contributed by atoms with van der Waals surface area (Å²) in [5, 5.41) is 22.9. The fourth-order valence-corrected chi connectivity index (χ4v) is 5.39. The van der Waals surface area contributed by atoms with Crippen molar-refractivity contribution < 1.29 is 29.3 Å². The molecule has 0 bridgehead atoms. The van der Waals surface area contributed by atoms with Crippen LogP contribution in [0.2, 0.25) is 0 Å². The molecular formula is C25H21N3O6S. The number of nitrogens with one attached hydrogen (secondary N) is 2. The molecule has 35 heavy (non-hydrogen) atoms. The summed E-state index contributed by atoms with van der Waals surface area (Å²) in [6, 6.07) is 14.6. The summed E-state index contributed by atoms with van der Waals surface area (Å²) in [6.07, 6.45) is 0.128. The number of thioether (sulfide) groups is 1. The van der Waals surface area contributed by atoms with Gasteiger partial charge in [0.05, 0.1) is 16.9 Å². The number of phenolic OH excluding ortho intramolecular Hbond substituents is 2. The molecule has 0 aromatic heterocycles. The monoisotopic (exact) mass is 491 g/mol. The predicted octanol–water partition coefficient (Wildman–Crippen LogP) is 2.79. The van der Waals surface area contributed by atoms with E-state index in [0.717, 1.165) is 11.8 Å². The van der Waals surface area contributed by atoms with E-state index in [1.54, 1.807) is 30.3 Å². The number of carbonyl (C=O) groups excluding carboxylic acids is 3. The van der Waals surface area contributed by atoms with Crippen molar-refractivity contribution in [2.24, 2.45) is 5.84 Å². The summed E-state index contributed by atoms with van der Waals surface area (Å²) in [4.78, 5) is 36.9. The van der Waals surface area contributed by atoms with Crippen LogP contribution < -0.4 is 21.3 Å². The Bertz CT molecular complexity index is 1340. The Labute approximate surface area is 204 Å². The van der Waals surface area contributed by atoms with Gasteiger partial charge in [-0.1, -0.05) is 12.1 Å². The van der Waals surface area contributed by atoms with E-state index in [1.165, 1.54) is 24.3 Å². The van der Waals surface area contributed by atoms with Crippen molar-refractivity contribution in [3.05, 3.63) is 76.9 Å². The first kappa shape index (κ1) is 22.8. The van der Waals surface area contributed by atoms with Gasteiger partial charge in [0.1, 0.15) is 23.0 Å². The van der Waals surface area contributed by atoms with Crippen molar-refractivity contribution in [3.8, 4) is 23.0 Å². The van der Waals surface area contributed by atoms with E-state index < -0.39 is 5.41 Å². The van der Waals surface area contributed by atoms with Gasteiger partial charge in [0.15, 0.2) is 5.78 Å². The first-order valence-electron chi connectivity index (χ1n) is 10.7. The molecule has 3 aromatic rings. The van der Waals surface area contributed by atoms with Gasteiger partial charge in [-0.25, -0.2) is 5.84 Å². The molecular weight excluding hydrogens is 470 g/mol. The predicted molar refractivity (Wildman–Crippen MR) is 130 cm³/mol. The molecule has 0 unspecified atom stereocenters. The van der Waals surface area contributed by atoms with Crippen molar-refractivity contribution >= 4 is 35.0 Å². The van der Waals surface area contributed by atoms with E-state index in [4.69, 9.17) is 10.6 Å². The molecule has 2 amide bonds. The Hall–Kier alpha value is -4.02. The Morgan fingerprint density at radius 3 is 2.17 bits per heavy atom. The molecule has 0 saturated carbocycles. The van der Waals surface area contributed by atoms with Crippen LogP contribution in [0.4, 0.5) is 5.69 Å². The maximum absolute atomic E-state index is 13.2. The number of rotatable bonds is 5. The largest absolute Gasteiger partial charge is 0.508 e. The van der Waals surface area contributed by atoms with Crippen LogP contribution in [0.25, 0.3) is 0 Å². The molecule has 0 atom stereocenters. The topological polar surface area (TPSA) is 151 Å². The van der Waals surface area contributed by atoms with Gasteiger partial charge < -0.3 is 20.3 Å². The second-order valence-electron chi connectivity index (χ2n) is 8.34. The number of ketones is 1. The molecule has 10 heteroatoms. The molecule has 0 fully saturated rings. The van der Waals surface area contributed by atoms with Crippen molar-refractivity contribution in [2.45, 2.75) is 11.8 Å². The van der Waals surface area contributed by atoms with Crippen LogP contribution >= 0.6 is 11.8 Å². The third-order valence-corrected chi connectivity index (χ3v) is 7.12. The van der Waals surface area contributed by atoms with Gasteiger partial charge in [0.25, 0.3) is 0 Å². The van der Waals surface area contributed by atoms with Gasteiger partial charge in [0.2, 0.25) is 11.8 Å². The van der Waals surface area contributed by atoms with Crippen LogP contribution in [0.15, 0.2) is 54.6 Å². The lowest BCUT2D eigenvalue weighted by atomic mass is 9.68. The Balaban J connectivity index is 1.57. The summed E-state index contributed by atoms with van der Waals surface area (Å²) in [5.74, 6) is 5.18. The van der Waals surface area contributed by atoms with Crippen molar-refractivity contribution in [2.75, 3.05) is 16.8 Å². The van der Waals surface area contributed by atoms with Gasteiger partial charge in [0, 0.05) is 40.9 Å². The number of phenols is 2. The highest BCUT2D eigenvalue weighted by Crippen LogP contribution is 2.58. The molecule has 2 aliphatic rings. The van der Waals surface area contributed by atoms with E-state index in [2.05, 4.69) is 5.32 Å². The summed E-state index contributed by atoms with van der Waals surface area (Å²) in [7, 11) is 0. The Morgan fingerprint density at radius 2 is 1.54 bits per heavy atom. The van der Waals surface area contributed by atoms with Gasteiger partial charge in [-0.15, -0.1) is 11.8 Å². The minimum atomic E-state index is -0.925. The number of Topliss-reactive ketones (excluding diaryl/α,β-unsaturated/α-hetero) is 1. The third kappa shape index (κ3) is 3.86. The standard InChI is InChI=1S/C25H21N3O6S/c26-28-24(33)12-35-11-23(32)27-13-1-4-16-19(7-13)25(10-20(16)31)17-5-2-14(29)8-21(17)34-22-9-15(30)3-6-18(22)25/h1-9,29-30H,10-12,26H2,(H,27,32)(H,28,33). The van der Waals surface area contributed by atoms with Crippen LogP contribution in [-0.2, 0) is 15.0 Å². The van der Waals surface area contributed by atoms with Gasteiger partial charge in [-0.2, -0.15) is 0 Å². The van der Waals surface area contributed by atoms with Gasteiger partial charge in [-0.05, 0) is 35.9 Å². The van der Waals surface area contributed by atoms with Crippen molar-refractivity contribution in [3.63, 3.8) is 0 Å². The fourth-order valence-electron chi connectivity index (χ4n) is 4.76. The van der Waals surface area contributed by atoms with Gasteiger partial charge >= 0.3 is 0 Å². The summed E-state index contributed by atoms with van der Waals surface area (Å²) in [6.45, 7) is 0. The number of nitrogens with two attached hydrogens (primary N) is 1. The smallest absolute Gasteiger partial charge is 0.243 e. The highest BCUT2D eigenvalue weighted by atomic mass is 32.2. The van der Waals surface area contributed by atoms with Crippen LogP contribution in [0.5, 0.6) is 23.0 Å². The van der Waals surface area contributed by atoms with E-state index in [9.17, 15) is 24.6 Å². The van der Waals surface area contributed by atoms with E-state index in [-0.39, 0.29) is 47.0 Å². The first-order chi connectivity index (χ1) is 16.8. The summed E-state index contributed by atoms with van der Waals surface area (Å²) < 4.78 is 6.00. The van der Waals surface area contributed by atoms with E-state index in [0.29, 0.717) is 39.4 Å². The lowest BCUT2D eigenvalue weighted by Gasteiger charge is -2.38. The van der Waals surface area contributed by atoms with Crippen LogP contribution in [0.3, 0.4) is 0 Å². The van der Waals surface area contributed by atoms with Crippen molar-refractivity contribution in [1.29, 1.82) is 0 Å². The number of hydrazine groups is 1. The van der Waals surface area contributed by atoms with Crippen LogP contribution in [0, 0.1) is 0 Å². The lowest BCUT2D eigenvalue weighted by molar-refractivity contribution is -0.118. The summed E-state index contributed by atoms with van der Waals surface area (Å²) in [5.41, 5.74) is 4.21. The lowest BCUT2D eigenvalue weighted by Crippen LogP contribution is -2.32. The molecule has 6 N–H and O–H groups in total. The molecule has 1 aliphatic carbocycles. The second kappa shape index (κ2) is 8.64. The number of carbonyl (C=O) groups is 3. The zero-order chi connectivity index (χ0) is 24.7. The fraction of sp³-hybridized carbons (Fsp3) is 0.160. The molecule has 1 heterocycles. The number of hydrogen-bond acceptors (Lipinski definition) is 8. The van der Waals surface area contributed by atoms with Gasteiger partial charge in [-0.3, -0.25) is 19.8 Å². The highest BCUT2D eigenvalue weighted by molar-refractivity contribution is 8.00. The zero-order valence-corrected chi connectivity index (χ0v) is 19.1. The molecule has 0 radical (unpaired) electrons. The molecule has 3 aromatic carbocycles. The highest BCUT2D eigenvalue weighted by Gasteiger charge is 2.51. The molecule has 178 valence electrons. The maximum Gasteiger partial charge on any atom is 0.243 e. The normalized spacial score (nSPS) is 14.5. The van der Waals surface area contributed by atoms with E-state index in [1.807, 2.05) is 5.43 Å². The number of ether oxygens (including phenoxy) is 1. The molecule has 5 rings (SSSR count). The average Bonchev–Trinajstić information content (AvgIpc) is 3.10. The maximum atomic E-state index is 13.2. The van der Waals surface area contributed by atoms with Crippen LogP contribution in [-0.4, -0.2) is 39.3 Å². The molecule has 9 nitrogen and oxygen atoms in total. The zero-order valence-electron chi connectivity index (χ0n) is 18.3. The van der Waals surface area contributed by atoms with Crippen LogP contribution in [0.1, 0.15) is 33.5 Å². The SMILES string of the molecule is NNC(=O)CSCC(=O)Nc1ccc2c(c1)C1(CC2=O)c2ccc(O)cc2Oc2cc(O)ccc21. The third-order valence-electron chi connectivity index (χ3n) is 6.19. The number of anilines is 1. The quantitative estimate of drug-likeness (QED) is 0.208. The molecule has 1 aliphatic heterocycles. The average molecular weight is 492 g/mol. The molecule has 1 spiro atoms. The number of aromatic hydroxyl groups is 2. The Morgan fingerprint density at radius 1 is 0.914 bits per heavy atom. The minimum absolute atomic E-state index is 0.00822. The number of benzene rings is 3.